The molecule has 0 aromatic heterocycles. The number of amides is 1. The molecule has 0 aromatic rings. The van der Waals surface area contributed by atoms with E-state index in [9.17, 15) is 4.79 Å². The fraction of sp³-hybridized carbons (Fsp3) is 0.600. The quantitative estimate of drug-likeness (QED) is 0.545. The first-order valence-corrected chi connectivity index (χ1v) is 5.20. The molecule has 0 radical (unpaired) electrons. The van der Waals surface area contributed by atoms with Crippen LogP contribution in [0.4, 0.5) is 0 Å². The number of unbranched alkanes of at least 4 members (excludes halogenated alkanes) is 3. The zero-order valence-electron chi connectivity index (χ0n) is 8.99. The average Bonchev–Trinajstić information content (AvgIpc) is 2.23. The molecule has 5 nitrogen and oxygen atoms in total. The van der Waals surface area contributed by atoms with Gasteiger partial charge in [-0.25, -0.2) is 4.99 Å². The number of rotatable bonds is 5. The third-order valence-corrected chi connectivity index (χ3v) is 2.03. The maximum absolute atomic E-state index is 11.1. The fourth-order valence-electron chi connectivity index (χ4n) is 1.15. The van der Waals surface area contributed by atoms with Gasteiger partial charge in [-0.15, -0.1) is 10.2 Å². The number of nitrogens with zero attached hydrogens (tertiary/aromatic N) is 3. The molecular weight excluding hydrogens is 192 g/mol. The highest BCUT2D eigenvalue weighted by atomic mass is 16.2. The van der Waals surface area contributed by atoms with Gasteiger partial charge in [0.1, 0.15) is 5.70 Å². The van der Waals surface area contributed by atoms with Crippen molar-refractivity contribution in [1.29, 1.82) is 0 Å². The molecule has 82 valence electrons. The molecule has 1 aliphatic heterocycles. The lowest BCUT2D eigenvalue weighted by atomic mass is 10.2. The van der Waals surface area contributed by atoms with Crippen LogP contribution in [0.1, 0.15) is 32.6 Å². The van der Waals surface area contributed by atoms with Gasteiger partial charge in [0.2, 0.25) is 5.96 Å². The molecule has 1 rings (SSSR count). The Balaban J connectivity index is 2.31. The standard InChI is InChI=1S/C10H16N4O/c1-3-4-5-6-7-11-10-12-9(15)8(2)13-14-10/h2-7H2,1H3,(H,11,12,15). The van der Waals surface area contributed by atoms with Gasteiger partial charge in [-0.3, -0.25) is 10.1 Å². The Kier molecular flexibility index (Phi) is 4.66. The molecule has 0 saturated carbocycles. The molecule has 5 heteroatoms. The second-order valence-corrected chi connectivity index (χ2v) is 3.37. The summed E-state index contributed by atoms with van der Waals surface area (Å²) >= 11 is 0. The van der Waals surface area contributed by atoms with Crippen LogP contribution in [0.2, 0.25) is 0 Å². The van der Waals surface area contributed by atoms with Crippen molar-refractivity contribution in [2.24, 2.45) is 15.2 Å². The van der Waals surface area contributed by atoms with Gasteiger partial charge in [0.25, 0.3) is 5.91 Å². The van der Waals surface area contributed by atoms with E-state index < -0.39 is 0 Å². The number of azo groups is 1. The van der Waals surface area contributed by atoms with Crippen LogP contribution in [0, 0.1) is 0 Å². The summed E-state index contributed by atoms with van der Waals surface area (Å²) in [5.74, 6) is -0.0267. The third-order valence-electron chi connectivity index (χ3n) is 2.03. The Hall–Kier alpha value is -1.52. The van der Waals surface area contributed by atoms with Gasteiger partial charge in [-0.05, 0) is 6.42 Å². The SMILES string of the molecule is C=C1N=NC(=NCCCCCC)NC1=O. The van der Waals surface area contributed by atoms with Crippen LogP contribution in [0.3, 0.4) is 0 Å². The topological polar surface area (TPSA) is 66.2 Å². The van der Waals surface area contributed by atoms with Crippen molar-refractivity contribution >= 4 is 11.9 Å². The van der Waals surface area contributed by atoms with E-state index in [1.165, 1.54) is 12.8 Å². The Morgan fingerprint density at radius 1 is 1.33 bits per heavy atom. The van der Waals surface area contributed by atoms with Crippen LogP contribution < -0.4 is 5.32 Å². The van der Waals surface area contributed by atoms with E-state index in [-0.39, 0.29) is 11.6 Å². The molecule has 0 bridgehead atoms. The minimum Gasteiger partial charge on any atom is -0.288 e. The molecule has 0 fully saturated rings. The molecule has 0 saturated heterocycles. The minimum atomic E-state index is -0.322. The number of hydrogen-bond donors (Lipinski definition) is 1. The highest BCUT2D eigenvalue weighted by Crippen LogP contribution is 2.02. The molecule has 15 heavy (non-hydrogen) atoms. The monoisotopic (exact) mass is 208 g/mol. The number of carbonyl (C=O) groups is 1. The van der Waals surface area contributed by atoms with Crippen molar-refractivity contribution in [2.45, 2.75) is 32.6 Å². The molecule has 1 amide bonds. The van der Waals surface area contributed by atoms with E-state index in [2.05, 4.69) is 34.0 Å². The third kappa shape index (κ3) is 4.01. The molecule has 0 spiro atoms. The molecule has 0 atom stereocenters. The van der Waals surface area contributed by atoms with Crippen LogP contribution in [-0.2, 0) is 4.79 Å². The van der Waals surface area contributed by atoms with Gasteiger partial charge in [0.05, 0.1) is 0 Å². The van der Waals surface area contributed by atoms with Gasteiger partial charge in [-0.1, -0.05) is 32.8 Å². The zero-order valence-corrected chi connectivity index (χ0v) is 8.99. The normalized spacial score (nSPS) is 18.3. The second-order valence-electron chi connectivity index (χ2n) is 3.37. The zero-order chi connectivity index (χ0) is 11.1. The summed E-state index contributed by atoms with van der Waals surface area (Å²) in [5, 5.41) is 9.83. The van der Waals surface area contributed by atoms with E-state index in [0.717, 1.165) is 12.8 Å². The Labute approximate surface area is 89.4 Å². The summed E-state index contributed by atoms with van der Waals surface area (Å²) in [6, 6.07) is 0. The van der Waals surface area contributed by atoms with Crippen molar-refractivity contribution in [3.8, 4) is 0 Å². The molecule has 0 unspecified atom stereocenters. The Bertz CT molecular complexity index is 307. The number of aliphatic imine (C=N–C) groups is 1. The van der Waals surface area contributed by atoms with Crippen LogP contribution in [-0.4, -0.2) is 18.4 Å². The maximum atomic E-state index is 11.1. The van der Waals surface area contributed by atoms with Gasteiger partial charge >= 0.3 is 0 Å². The highest BCUT2D eigenvalue weighted by Gasteiger charge is 2.13. The number of guanidine groups is 1. The molecular formula is C10H16N4O. The Morgan fingerprint density at radius 3 is 2.80 bits per heavy atom. The fourth-order valence-corrected chi connectivity index (χ4v) is 1.15. The molecule has 0 aliphatic carbocycles. The summed E-state index contributed by atoms with van der Waals surface area (Å²) in [6.45, 7) is 6.26. The van der Waals surface area contributed by atoms with Crippen LogP contribution in [0.25, 0.3) is 0 Å². The first kappa shape index (κ1) is 11.6. The van der Waals surface area contributed by atoms with Crippen molar-refractivity contribution in [3.63, 3.8) is 0 Å². The number of carbonyl (C=O) groups excluding carboxylic acids is 1. The second kappa shape index (κ2) is 6.06. The van der Waals surface area contributed by atoms with Crippen molar-refractivity contribution < 1.29 is 4.79 Å². The van der Waals surface area contributed by atoms with Gasteiger partial charge in [-0.2, -0.15) is 0 Å². The van der Waals surface area contributed by atoms with Gasteiger partial charge < -0.3 is 0 Å². The molecule has 1 aliphatic rings. The predicted molar refractivity (Wildman–Crippen MR) is 58.6 cm³/mol. The summed E-state index contributed by atoms with van der Waals surface area (Å²) in [5.41, 5.74) is 0.125. The van der Waals surface area contributed by atoms with E-state index in [1.807, 2.05) is 0 Å². The summed E-state index contributed by atoms with van der Waals surface area (Å²) in [6.07, 6.45) is 4.59. The van der Waals surface area contributed by atoms with Crippen molar-refractivity contribution in [1.82, 2.24) is 5.32 Å². The minimum absolute atomic E-state index is 0.125. The first-order valence-electron chi connectivity index (χ1n) is 5.20. The molecule has 1 heterocycles. The van der Waals surface area contributed by atoms with E-state index in [0.29, 0.717) is 12.5 Å². The van der Waals surface area contributed by atoms with Crippen molar-refractivity contribution in [2.75, 3.05) is 6.54 Å². The summed E-state index contributed by atoms with van der Waals surface area (Å²) < 4.78 is 0. The van der Waals surface area contributed by atoms with E-state index >= 15 is 0 Å². The summed E-state index contributed by atoms with van der Waals surface area (Å²) in [4.78, 5) is 15.2. The van der Waals surface area contributed by atoms with E-state index in [4.69, 9.17) is 0 Å². The van der Waals surface area contributed by atoms with Crippen LogP contribution in [0.5, 0.6) is 0 Å². The smallest absolute Gasteiger partial charge is 0.277 e. The molecule has 0 aromatic carbocycles. The Morgan fingerprint density at radius 2 is 2.13 bits per heavy atom. The van der Waals surface area contributed by atoms with Gasteiger partial charge in [0.15, 0.2) is 0 Å². The summed E-state index contributed by atoms with van der Waals surface area (Å²) in [7, 11) is 0. The lowest BCUT2D eigenvalue weighted by Gasteiger charge is -2.07. The average molecular weight is 208 g/mol. The largest absolute Gasteiger partial charge is 0.288 e. The maximum Gasteiger partial charge on any atom is 0.277 e. The number of nitrogens with one attached hydrogen (secondary N) is 1. The lowest BCUT2D eigenvalue weighted by Crippen LogP contribution is -2.32. The molecule has 1 N–H and O–H groups in total. The predicted octanol–water partition coefficient (Wildman–Crippen LogP) is 2.02. The van der Waals surface area contributed by atoms with Crippen molar-refractivity contribution in [3.05, 3.63) is 12.3 Å². The van der Waals surface area contributed by atoms with Gasteiger partial charge in [0, 0.05) is 6.54 Å². The first-order chi connectivity index (χ1) is 7.24. The highest BCUT2D eigenvalue weighted by molar-refractivity contribution is 6.06. The lowest BCUT2D eigenvalue weighted by molar-refractivity contribution is -0.116. The number of hydrogen-bond acceptors (Lipinski definition) is 3. The van der Waals surface area contributed by atoms with Crippen LogP contribution >= 0.6 is 0 Å². The van der Waals surface area contributed by atoms with Crippen LogP contribution in [0.15, 0.2) is 27.5 Å². The van der Waals surface area contributed by atoms with E-state index in [1.54, 1.807) is 0 Å².